The summed E-state index contributed by atoms with van der Waals surface area (Å²) in [5.74, 6) is 0. The Morgan fingerprint density at radius 2 is 0.867 bits per heavy atom. The second kappa shape index (κ2) is 14.8. The maximum Gasteiger partial charge on any atom is 0.0795 e. The monoisotopic (exact) mass is 764 g/mol. The summed E-state index contributed by atoms with van der Waals surface area (Å²) in [6.45, 7) is 0. The van der Waals surface area contributed by atoms with Crippen LogP contribution in [0.25, 0.3) is 55.5 Å². The Morgan fingerprint density at radius 3 is 1.58 bits per heavy atom. The lowest BCUT2D eigenvalue weighted by Gasteiger charge is -2.35. The Hall–Kier alpha value is -7.81. The van der Waals surface area contributed by atoms with E-state index in [1.54, 1.807) is 0 Å². The number of anilines is 3. The lowest BCUT2D eigenvalue weighted by atomic mass is 9.67. The van der Waals surface area contributed by atoms with Gasteiger partial charge in [-0.15, -0.1) is 0 Å². The van der Waals surface area contributed by atoms with Crippen molar-refractivity contribution in [3.05, 3.63) is 265 Å². The Bertz CT molecular complexity index is 3100. The first-order valence-corrected chi connectivity index (χ1v) is 20.6. The molecule has 2 heteroatoms. The zero-order valence-electron chi connectivity index (χ0n) is 33.0. The van der Waals surface area contributed by atoms with Crippen LogP contribution in [0.15, 0.2) is 243 Å². The lowest BCUT2D eigenvalue weighted by Crippen LogP contribution is -2.28. The van der Waals surface area contributed by atoms with Gasteiger partial charge in [0.1, 0.15) is 0 Å². The van der Waals surface area contributed by atoms with Crippen LogP contribution in [-0.2, 0) is 5.41 Å². The second-order valence-electron chi connectivity index (χ2n) is 15.4. The molecule has 0 unspecified atom stereocenters. The van der Waals surface area contributed by atoms with Crippen LogP contribution < -0.4 is 4.90 Å². The van der Waals surface area contributed by atoms with E-state index in [0.29, 0.717) is 0 Å². The number of benzene rings is 9. The highest BCUT2D eigenvalue weighted by molar-refractivity contribution is 6.00. The predicted octanol–water partition coefficient (Wildman–Crippen LogP) is 15.1. The molecule has 9 aromatic carbocycles. The molecule has 1 heterocycles. The molecule has 1 aliphatic carbocycles. The van der Waals surface area contributed by atoms with E-state index in [0.717, 1.165) is 61.5 Å². The normalized spacial score (nSPS) is 12.5. The summed E-state index contributed by atoms with van der Waals surface area (Å²) in [4.78, 5) is 7.92. The van der Waals surface area contributed by atoms with E-state index in [2.05, 4.69) is 248 Å². The third kappa shape index (κ3) is 5.76. The number of hydrogen-bond donors (Lipinski definition) is 0. The van der Waals surface area contributed by atoms with Gasteiger partial charge in [0.15, 0.2) is 0 Å². The zero-order valence-corrected chi connectivity index (χ0v) is 33.0. The molecule has 10 aromatic rings. The minimum atomic E-state index is -0.525. The summed E-state index contributed by atoms with van der Waals surface area (Å²) < 4.78 is 0. The molecule has 60 heavy (non-hydrogen) atoms. The van der Waals surface area contributed by atoms with Crippen molar-refractivity contribution in [3.63, 3.8) is 0 Å². The fourth-order valence-corrected chi connectivity index (χ4v) is 9.56. The Morgan fingerprint density at radius 1 is 0.333 bits per heavy atom. The van der Waals surface area contributed by atoms with Gasteiger partial charge in [0.05, 0.1) is 22.3 Å². The van der Waals surface area contributed by atoms with Crippen LogP contribution in [-0.4, -0.2) is 4.98 Å². The summed E-state index contributed by atoms with van der Waals surface area (Å²) >= 11 is 0. The summed E-state index contributed by atoms with van der Waals surface area (Å²) in [5, 5.41) is 1.10. The van der Waals surface area contributed by atoms with Crippen molar-refractivity contribution in [2.75, 3.05) is 4.90 Å². The van der Waals surface area contributed by atoms with Crippen molar-refractivity contribution < 1.29 is 0 Å². The van der Waals surface area contributed by atoms with Gasteiger partial charge in [0.2, 0.25) is 0 Å². The first kappa shape index (κ1) is 35.4. The molecule has 0 bridgehead atoms. The molecular formula is C58H40N2. The molecular weight excluding hydrogens is 725 g/mol. The fourth-order valence-electron chi connectivity index (χ4n) is 9.56. The van der Waals surface area contributed by atoms with E-state index in [4.69, 9.17) is 4.98 Å². The smallest absolute Gasteiger partial charge is 0.0795 e. The van der Waals surface area contributed by atoms with Gasteiger partial charge in [-0.05, 0) is 87.0 Å². The molecule has 0 amide bonds. The van der Waals surface area contributed by atoms with Gasteiger partial charge in [-0.3, -0.25) is 0 Å². The first-order chi connectivity index (χ1) is 29.8. The average molecular weight is 765 g/mol. The van der Waals surface area contributed by atoms with Crippen molar-refractivity contribution in [1.82, 2.24) is 4.98 Å². The number of fused-ring (bicyclic) bond motifs is 4. The van der Waals surface area contributed by atoms with E-state index in [1.807, 2.05) is 0 Å². The number of hydrogen-bond acceptors (Lipinski definition) is 2. The van der Waals surface area contributed by atoms with E-state index in [1.165, 1.54) is 33.4 Å². The van der Waals surface area contributed by atoms with Gasteiger partial charge >= 0.3 is 0 Å². The van der Waals surface area contributed by atoms with E-state index in [-0.39, 0.29) is 0 Å². The van der Waals surface area contributed by atoms with Gasteiger partial charge in [0.25, 0.3) is 0 Å². The molecule has 0 radical (unpaired) electrons. The molecule has 282 valence electrons. The Kier molecular flexibility index (Phi) is 8.75. The van der Waals surface area contributed by atoms with Crippen LogP contribution in [0.4, 0.5) is 17.1 Å². The minimum Gasteiger partial charge on any atom is -0.310 e. The largest absolute Gasteiger partial charge is 0.310 e. The lowest BCUT2D eigenvalue weighted by molar-refractivity contribution is 0.768. The number of nitrogens with zero attached hydrogens (tertiary/aromatic N) is 2. The van der Waals surface area contributed by atoms with Crippen LogP contribution in [0, 0.1) is 0 Å². The molecule has 0 N–H and O–H groups in total. The molecule has 0 fully saturated rings. The topological polar surface area (TPSA) is 16.1 Å². The van der Waals surface area contributed by atoms with Crippen molar-refractivity contribution in [2.24, 2.45) is 0 Å². The Labute approximate surface area is 351 Å². The summed E-state index contributed by atoms with van der Waals surface area (Å²) in [5.41, 5.74) is 17.8. The SMILES string of the molecule is c1ccc(-c2ccccc2-c2nc3ccccc3cc2-c2ccccc2N(c2ccccc2)c2ccc3c(c2)C(c2ccccc2)(c2ccccc2)c2ccccc2-3)cc1. The highest BCUT2D eigenvalue weighted by atomic mass is 15.1. The molecule has 0 spiro atoms. The third-order valence-electron chi connectivity index (χ3n) is 12.1. The summed E-state index contributed by atoms with van der Waals surface area (Å²) in [6, 6.07) is 87.8. The average Bonchev–Trinajstić information content (AvgIpc) is 3.63. The number of para-hydroxylation sites is 3. The maximum atomic E-state index is 5.49. The number of aromatic nitrogens is 1. The van der Waals surface area contributed by atoms with Crippen LogP contribution >= 0.6 is 0 Å². The van der Waals surface area contributed by atoms with Gasteiger partial charge < -0.3 is 4.90 Å². The van der Waals surface area contributed by atoms with E-state index >= 15 is 0 Å². The van der Waals surface area contributed by atoms with Gasteiger partial charge in [0, 0.05) is 33.5 Å². The van der Waals surface area contributed by atoms with Crippen LogP contribution in [0.1, 0.15) is 22.3 Å². The van der Waals surface area contributed by atoms with Crippen molar-refractivity contribution in [2.45, 2.75) is 5.41 Å². The van der Waals surface area contributed by atoms with Gasteiger partial charge in [-0.1, -0.05) is 200 Å². The number of rotatable bonds is 8. The van der Waals surface area contributed by atoms with E-state index in [9.17, 15) is 0 Å². The first-order valence-electron chi connectivity index (χ1n) is 20.6. The highest BCUT2D eigenvalue weighted by Crippen LogP contribution is 2.57. The molecule has 2 nitrogen and oxygen atoms in total. The fraction of sp³-hybridized carbons (Fsp3) is 0.0172. The van der Waals surface area contributed by atoms with Crippen LogP contribution in [0.3, 0.4) is 0 Å². The molecule has 0 aliphatic heterocycles. The Balaban J connectivity index is 1.18. The van der Waals surface area contributed by atoms with Crippen molar-refractivity contribution >= 4 is 28.0 Å². The maximum absolute atomic E-state index is 5.49. The summed E-state index contributed by atoms with van der Waals surface area (Å²) in [6.07, 6.45) is 0. The summed E-state index contributed by atoms with van der Waals surface area (Å²) in [7, 11) is 0. The van der Waals surface area contributed by atoms with Crippen molar-refractivity contribution in [3.8, 4) is 44.6 Å². The molecule has 0 atom stereocenters. The zero-order chi connectivity index (χ0) is 39.9. The molecule has 1 aromatic heterocycles. The van der Waals surface area contributed by atoms with Crippen LogP contribution in [0.2, 0.25) is 0 Å². The molecule has 0 saturated carbocycles. The third-order valence-corrected chi connectivity index (χ3v) is 12.1. The molecule has 0 saturated heterocycles. The highest BCUT2D eigenvalue weighted by Gasteiger charge is 2.46. The quantitative estimate of drug-likeness (QED) is 0.153. The number of pyridine rings is 1. The minimum absolute atomic E-state index is 0.525. The second-order valence-corrected chi connectivity index (χ2v) is 15.4. The van der Waals surface area contributed by atoms with Crippen molar-refractivity contribution in [1.29, 1.82) is 0 Å². The van der Waals surface area contributed by atoms with Gasteiger partial charge in [-0.25, -0.2) is 4.98 Å². The standard InChI is InChI=1S/C58H40N2/c1-5-21-41(22-6-1)47-30-14-15-33-51(47)57-52(39-42-23-13-19-35-55(42)59-57)50-32-17-20-36-56(50)60(45-28-11-4-12-29-45)46-37-38-49-48-31-16-18-34-53(48)58(54(49)40-46,43-24-7-2-8-25-43)44-26-9-3-10-27-44/h1-40H. The van der Waals surface area contributed by atoms with Crippen LogP contribution in [0.5, 0.6) is 0 Å². The van der Waals surface area contributed by atoms with Gasteiger partial charge in [-0.2, -0.15) is 0 Å². The predicted molar refractivity (Wildman–Crippen MR) is 250 cm³/mol. The molecule has 11 rings (SSSR count). The van der Waals surface area contributed by atoms with E-state index < -0.39 is 5.41 Å². The molecule has 1 aliphatic rings.